The van der Waals surface area contributed by atoms with Gasteiger partial charge in [0.25, 0.3) is 0 Å². The molecule has 1 fully saturated rings. The Morgan fingerprint density at radius 3 is 2.82 bits per heavy atom. The molecule has 3 heteroatoms. The Balaban J connectivity index is 1.52. The van der Waals surface area contributed by atoms with Gasteiger partial charge in [0.05, 0.1) is 0 Å². The first-order chi connectivity index (χ1) is 10.6. The van der Waals surface area contributed by atoms with Crippen molar-refractivity contribution in [1.82, 2.24) is 4.98 Å². The molecule has 1 aromatic rings. The van der Waals surface area contributed by atoms with Gasteiger partial charge in [0, 0.05) is 30.5 Å². The molecule has 2 aliphatic carbocycles. The maximum Gasteiger partial charge on any atom is 0.213 e. The molecule has 0 aliphatic heterocycles. The summed E-state index contributed by atoms with van der Waals surface area (Å²) < 4.78 is 6.08. The van der Waals surface area contributed by atoms with Gasteiger partial charge in [-0.25, -0.2) is 4.98 Å². The molecule has 0 bridgehead atoms. The van der Waals surface area contributed by atoms with Crippen molar-refractivity contribution < 1.29 is 9.53 Å². The lowest BCUT2D eigenvalue weighted by Crippen LogP contribution is -2.21. The number of ketones is 1. The molecule has 0 saturated heterocycles. The summed E-state index contributed by atoms with van der Waals surface area (Å²) in [5.41, 5.74) is 3.57. The lowest BCUT2D eigenvalue weighted by molar-refractivity contribution is -0.120. The van der Waals surface area contributed by atoms with Crippen LogP contribution < -0.4 is 4.74 Å². The molecule has 1 heterocycles. The van der Waals surface area contributed by atoms with Gasteiger partial charge in [-0.2, -0.15) is 0 Å². The third kappa shape index (κ3) is 4.19. The van der Waals surface area contributed by atoms with Crippen LogP contribution in [-0.4, -0.2) is 16.9 Å². The molecule has 1 aromatic heterocycles. The largest absolute Gasteiger partial charge is 0.474 e. The predicted molar refractivity (Wildman–Crippen MR) is 87.0 cm³/mol. The summed E-state index contributed by atoms with van der Waals surface area (Å²) in [6.07, 6.45) is 9.37. The normalized spacial score (nSPS) is 21.4. The molecular formula is C19H25NO2. The first-order valence-corrected chi connectivity index (χ1v) is 8.43. The second kappa shape index (κ2) is 6.64. The number of Topliss-reactive ketones (excluding diaryl/α,β-unsaturated/α-hetero) is 1. The maximum absolute atomic E-state index is 11.8. The number of carbonyl (C=O) groups excluding carboxylic acids is 1. The SMILES string of the molecule is Cc1cc(C)nc(O[C@@H]2CCC=C(CCC(=O)C3CC3)C2)c1. The molecule has 0 radical (unpaired) electrons. The van der Waals surface area contributed by atoms with Gasteiger partial charge in [0.15, 0.2) is 0 Å². The summed E-state index contributed by atoms with van der Waals surface area (Å²) in [4.78, 5) is 16.3. The molecule has 0 amide bonds. The quantitative estimate of drug-likeness (QED) is 0.735. The molecule has 2 aliphatic rings. The van der Waals surface area contributed by atoms with Crippen LogP contribution in [0.15, 0.2) is 23.8 Å². The van der Waals surface area contributed by atoms with E-state index in [4.69, 9.17) is 4.74 Å². The van der Waals surface area contributed by atoms with E-state index >= 15 is 0 Å². The summed E-state index contributed by atoms with van der Waals surface area (Å²) in [6, 6.07) is 4.06. The van der Waals surface area contributed by atoms with Crippen molar-refractivity contribution in [3.63, 3.8) is 0 Å². The molecule has 0 spiro atoms. The highest BCUT2D eigenvalue weighted by Gasteiger charge is 2.29. The van der Waals surface area contributed by atoms with Crippen LogP contribution >= 0.6 is 0 Å². The fourth-order valence-corrected chi connectivity index (χ4v) is 3.18. The molecule has 22 heavy (non-hydrogen) atoms. The van der Waals surface area contributed by atoms with Gasteiger partial charge in [-0.05, 0) is 57.6 Å². The standard InChI is InChI=1S/C19H25NO2/c1-13-10-14(2)20-19(11-13)22-17-5-3-4-15(12-17)6-9-18(21)16-7-8-16/h4,10-11,16-17H,3,5-9,12H2,1-2H3/t17-/m1/s1. The number of rotatable bonds is 6. The van der Waals surface area contributed by atoms with Gasteiger partial charge in [0.1, 0.15) is 11.9 Å². The Labute approximate surface area is 132 Å². The van der Waals surface area contributed by atoms with E-state index in [9.17, 15) is 4.79 Å². The van der Waals surface area contributed by atoms with Crippen molar-refractivity contribution in [1.29, 1.82) is 0 Å². The molecule has 3 nitrogen and oxygen atoms in total. The van der Waals surface area contributed by atoms with Crippen LogP contribution in [-0.2, 0) is 4.79 Å². The Morgan fingerprint density at radius 1 is 1.27 bits per heavy atom. The zero-order chi connectivity index (χ0) is 15.5. The second-order valence-corrected chi connectivity index (χ2v) is 6.75. The maximum atomic E-state index is 11.8. The fraction of sp³-hybridized carbons (Fsp3) is 0.579. The summed E-state index contributed by atoms with van der Waals surface area (Å²) in [7, 11) is 0. The Kier molecular flexibility index (Phi) is 4.60. The van der Waals surface area contributed by atoms with Crippen LogP contribution in [0.2, 0.25) is 0 Å². The van der Waals surface area contributed by atoms with Gasteiger partial charge in [0.2, 0.25) is 5.88 Å². The number of allylic oxidation sites excluding steroid dienone is 1. The van der Waals surface area contributed by atoms with E-state index in [1.807, 2.05) is 13.0 Å². The summed E-state index contributed by atoms with van der Waals surface area (Å²) in [5.74, 6) is 1.58. The monoisotopic (exact) mass is 299 g/mol. The third-order valence-corrected chi connectivity index (χ3v) is 4.50. The van der Waals surface area contributed by atoms with Gasteiger partial charge >= 0.3 is 0 Å². The number of pyridine rings is 1. The Morgan fingerprint density at radius 2 is 2.09 bits per heavy atom. The highest BCUT2D eigenvalue weighted by Crippen LogP contribution is 2.33. The number of hydrogen-bond donors (Lipinski definition) is 0. The molecule has 118 valence electrons. The van der Waals surface area contributed by atoms with Gasteiger partial charge in [-0.1, -0.05) is 11.6 Å². The van der Waals surface area contributed by atoms with Gasteiger partial charge in [-0.15, -0.1) is 0 Å². The van der Waals surface area contributed by atoms with E-state index in [1.54, 1.807) is 0 Å². The van der Waals surface area contributed by atoms with E-state index < -0.39 is 0 Å². The zero-order valence-corrected chi connectivity index (χ0v) is 13.6. The number of ether oxygens (including phenoxy) is 1. The van der Waals surface area contributed by atoms with Crippen LogP contribution in [0.4, 0.5) is 0 Å². The van der Waals surface area contributed by atoms with E-state index in [2.05, 4.69) is 24.1 Å². The van der Waals surface area contributed by atoms with Crippen molar-refractivity contribution in [3.8, 4) is 5.88 Å². The lowest BCUT2D eigenvalue weighted by Gasteiger charge is -2.24. The number of carbonyl (C=O) groups is 1. The fourth-order valence-electron chi connectivity index (χ4n) is 3.18. The van der Waals surface area contributed by atoms with Crippen LogP contribution in [0.5, 0.6) is 5.88 Å². The minimum Gasteiger partial charge on any atom is -0.474 e. The van der Waals surface area contributed by atoms with Crippen LogP contribution in [0.3, 0.4) is 0 Å². The Hall–Kier alpha value is -1.64. The predicted octanol–water partition coefficient (Wildman–Crippen LogP) is 4.32. The molecule has 0 aromatic carbocycles. The van der Waals surface area contributed by atoms with Crippen molar-refractivity contribution >= 4 is 5.78 Å². The highest BCUT2D eigenvalue weighted by atomic mass is 16.5. The molecule has 1 saturated carbocycles. The number of aryl methyl sites for hydroxylation is 2. The number of nitrogens with zero attached hydrogens (tertiary/aromatic N) is 1. The van der Waals surface area contributed by atoms with Crippen LogP contribution in [0.1, 0.15) is 56.2 Å². The van der Waals surface area contributed by atoms with E-state index in [0.29, 0.717) is 18.1 Å². The molecule has 0 unspecified atom stereocenters. The van der Waals surface area contributed by atoms with Crippen molar-refractivity contribution in [3.05, 3.63) is 35.0 Å². The minimum absolute atomic E-state index is 0.199. The first-order valence-electron chi connectivity index (χ1n) is 8.43. The summed E-state index contributed by atoms with van der Waals surface area (Å²) >= 11 is 0. The highest BCUT2D eigenvalue weighted by molar-refractivity contribution is 5.83. The second-order valence-electron chi connectivity index (χ2n) is 6.75. The molecule has 0 N–H and O–H groups in total. The lowest BCUT2D eigenvalue weighted by atomic mass is 9.92. The summed E-state index contributed by atoms with van der Waals surface area (Å²) in [5, 5.41) is 0. The number of hydrogen-bond acceptors (Lipinski definition) is 3. The van der Waals surface area contributed by atoms with Crippen molar-refractivity contribution in [2.75, 3.05) is 0 Å². The van der Waals surface area contributed by atoms with E-state index in [1.165, 1.54) is 11.1 Å². The van der Waals surface area contributed by atoms with Crippen LogP contribution in [0, 0.1) is 19.8 Å². The molecule has 3 rings (SSSR count). The first kappa shape index (κ1) is 15.3. The summed E-state index contributed by atoms with van der Waals surface area (Å²) in [6.45, 7) is 4.06. The Bertz CT molecular complexity index is 567. The van der Waals surface area contributed by atoms with Crippen molar-refractivity contribution in [2.45, 2.75) is 64.9 Å². The third-order valence-electron chi connectivity index (χ3n) is 4.50. The zero-order valence-electron chi connectivity index (χ0n) is 13.6. The van der Waals surface area contributed by atoms with E-state index in [0.717, 1.165) is 50.1 Å². The van der Waals surface area contributed by atoms with Crippen molar-refractivity contribution in [2.24, 2.45) is 5.92 Å². The van der Waals surface area contributed by atoms with Gasteiger partial charge < -0.3 is 4.74 Å². The van der Waals surface area contributed by atoms with Crippen LogP contribution in [0.25, 0.3) is 0 Å². The topological polar surface area (TPSA) is 39.2 Å². The average Bonchev–Trinajstić information content (AvgIpc) is 3.28. The molecule has 1 atom stereocenters. The van der Waals surface area contributed by atoms with E-state index in [-0.39, 0.29) is 6.10 Å². The smallest absolute Gasteiger partial charge is 0.213 e. The minimum atomic E-state index is 0.199. The number of aromatic nitrogens is 1. The van der Waals surface area contributed by atoms with Gasteiger partial charge in [-0.3, -0.25) is 4.79 Å². The average molecular weight is 299 g/mol. The molecular weight excluding hydrogens is 274 g/mol.